The Morgan fingerprint density at radius 3 is 2.61 bits per heavy atom. The molecule has 0 bridgehead atoms. The average Bonchev–Trinajstić information content (AvgIpc) is 2.90. The molecule has 0 saturated carbocycles. The van der Waals surface area contributed by atoms with Crippen molar-refractivity contribution in [3.63, 3.8) is 0 Å². The molecule has 0 aromatic carbocycles. The second-order valence-corrected chi connectivity index (χ2v) is 6.77. The van der Waals surface area contributed by atoms with E-state index in [0.29, 0.717) is 13.1 Å². The van der Waals surface area contributed by atoms with Crippen molar-refractivity contribution in [3.8, 4) is 0 Å². The molecule has 0 N–H and O–H groups in total. The maximum atomic E-state index is 12.0. The largest absolute Gasteiger partial charge is 0.249 e. The van der Waals surface area contributed by atoms with E-state index in [1.807, 2.05) is 17.8 Å². The molecule has 0 amide bonds. The molecule has 2 rings (SSSR count). The van der Waals surface area contributed by atoms with E-state index in [1.165, 1.54) is 0 Å². The molecule has 0 unspecified atom stereocenters. The highest BCUT2D eigenvalue weighted by molar-refractivity contribution is 7.89. The number of hydrogen-bond donors (Lipinski definition) is 0. The van der Waals surface area contributed by atoms with E-state index in [4.69, 9.17) is 0 Å². The van der Waals surface area contributed by atoms with Gasteiger partial charge in [-0.05, 0) is 19.3 Å². The number of rotatable bonds is 5. The van der Waals surface area contributed by atoms with E-state index in [1.54, 1.807) is 10.5 Å². The summed E-state index contributed by atoms with van der Waals surface area (Å²) < 4.78 is 27.5. The summed E-state index contributed by atoms with van der Waals surface area (Å²) in [6, 6.07) is 0.283. The third-order valence-electron chi connectivity index (χ3n) is 3.39. The molecule has 2 heterocycles. The first kappa shape index (κ1) is 13.5. The van der Waals surface area contributed by atoms with E-state index < -0.39 is 10.0 Å². The maximum absolute atomic E-state index is 12.0. The molecular weight excluding hydrogens is 252 g/mol. The molecule has 0 radical (unpaired) electrons. The molecule has 102 valence electrons. The van der Waals surface area contributed by atoms with Crippen LogP contribution in [-0.4, -0.2) is 46.6 Å². The van der Waals surface area contributed by atoms with Gasteiger partial charge in [0.15, 0.2) is 0 Å². The smallest absolute Gasteiger partial charge is 0.214 e. The molecular formula is C11H20N4O2S. The molecule has 0 atom stereocenters. The standard InChI is InChI=1S/C11H20N4O2S/c1-2-3-10-18(16,17)14-7-4-11(5-8-14)15-9-6-12-13-15/h6,9,11H,2-5,7-8,10H2,1H3. The molecule has 7 heteroatoms. The third-order valence-corrected chi connectivity index (χ3v) is 5.34. The summed E-state index contributed by atoms with van der Waals surface area (Å²) in [6.45, 7) is 3.19. The van der Waals surface area contributed by atoms with Crippen molar-refractivity contribution in [2.24, 2.45) is 0 Å². The Morgan fingerprint density at radius 1 is 1.33 bits per heavy atom. The van der Waals surface area contributed by atoms with Crippen LogP contribution in [0.25, 0.3) is 0 Å². The zero-order chi connectivity index (χ0) is 13.0. The molecule has 1 saturated heterocycles. The summed E-state index contributed by atoms with van der Waals surface area (Å²) in [5.74, 6) is 0.275. The number of unbranched alkanes of at least 4 members (excludes halogenated alkanes) is 1. The van der Waals surface area contributed by atoms with Gasteiger partial charge in [0.1, 0.15) is 0 Å². The summed E-state index contributed by atoms with van der Waals surface area (Å²) in [6.07, 6.45) is 6.78. The maximum Gasteiger partial charge on any atom is 0.214 e. The zero-order valence-electron chi connectivity index (χ0n) is 10.7. The molecule has 1 aromatic rings. The molecule has 18 heavy (non-hydrogen) atoms. The second kappa shape index (κ2) is 5.79. The van der Waals surface area contributed by atoms with Crippen LogP contribution in [-0.2, 0) is 10.0 Å². The van der Waals surface area contributed by atoms with Crippen molar-refractivity contribution < 1.29 is 8.42 Å². The molecule has 0 aliphatic carbocycles. The Morgan fingerprint density at radius 2 is 2.06 bits per heavy atom. The minimum atomic E-state index is -3.05. The van der Waals surface area contributed by atoms with Crippen LogP contribution in [0.15, 0.2) is 12.4 Å². The number of aromatic nitrogens is 3. The normalized spacial score (nSPS) is 19.2. The lowest BCUT2D eigenvalue weighted by molar-refractivity contribution is 0.258. The van der Waals surface area contributed by atoms with Crippen molar-refractivity contribution in [2.75, 3.05) is 18.8 Å². The van der Waals surface area contributed by atoms with Crippen molar-refractivity contribution in [1.29, 1.82) is 0 Å². The molecule has 1 aliphatic heterocycles. The summed E-state index contributed by atoms with van der Waals surface area (Å²) in [5, 5.41) is 7.76. The van der Waals surface area contributed by atoms with Gasteiger partial charge in [-0.1, -0.05) is 18.6 Å². The number of nitrogens with zero attached hydrogens (tertiary/aromatic N) is 4. The van der Waals surface area contributed by atoms with Gasteiger partial charge in [0.05, 0.1) is 18.0 Å². The zero-order valence-corrected chi connectivity index (χ0v) is 11.5. The first-order chi connectivity index (χ1) is 8.63. The topological polar surface area (TPSA) is 68.1 Å². The number of hydrogen-bond acceptors (Lipinski definition) is 4. The lowest BCUT2D eigenvalue weighted by atomic mass is 10.1. The van der Waals surface area contributed by atoms with Gasteiger partial charge in [-0.3, -0.25) is 0 Å². The van der Waals surface area contributed by atoms with Crippen LogP contribution in [0.2, 0.25) is 0 Å². The number of sulfonamides is 1. The highest BCUT2D eigenvalue weighted by atomic mass is 32.2. The van der Waals surface area contributed by atoms with E-state index >= 15 is 0 Å². The van der Waals surface area contributed by atoms with Gasteiger partial charge in [-0.15, -0.1) is 5.10 Å². The van der Waals surface area contributed by atoms with E-state index in [-0.39, 0.29) is 11.8 Å². The van der Waals surface area contributed by atoms with Crippen LogP contribution in [0.5, 0.6) is 0 Å². The van der Waals surface area contributed by atoms with Gasteiger partial charge >= 0.3 is 0 Å². The summed E-state index contributed by atoms with van der Waals surface area (Å²) in [4.78, 5) is 0. The quantitative estimate of drug-likeness (QED) is 0.803. The fourth-order valence-electron chi connectivity index (χ4n) is 2.25. The summed E-state index contributed by atoms with van der Waals surface area (Å²) >= 11 is 0. The Bertz CT molecular complexity index is 449. The van der Waals surface area contributed by atoms with Crippen molar-refractivity contribution in [2.45, 2.75) is 38.6 Å². The second-order valence-electron chi connectivity index (χ2n) is 4.68. The van der Waals surface area contributed by atoms with Crippen LogP contribution in [0, 0.1) is 0 Å². The highest BCUT2D eigenvalue weighted by Gasteiger charge is 2.28. The Hall–Kier alpha value is -0.950. The summed E-state index contributed by atoms with van der Waals surface area (Å²) in [7, 11) is -3.05. The van der Waals surface area contributed by atoms with Gasteiger partial charge in [0.2, 0.25) is 10.0 Å². The Balaban J connectivity index is 1.90. The average molecular weight is 272 g/mol. The van der Waals surface area contributed by atoms with Crippen LogP contribution < -0.4 is 0 Å². The summed E-state index contributed by atoms with van der Waals surface area (Å²) in [5.41, 5.74) is 0. The fourth-order valence-corrected chi connectivity index (χ4v) is 3.93. The van der Waals surface area contributed by atoms with Crippen LogP contribution in [0.4, 0.5) is 0 Å². The van der Waals surface area contributed by atoms with E-state index in [9.17, 15) is 8.42 Å². The van der Waals surface area contributed by atoms with Gasteiger partial charge in [-0.25, -0.2) is 17.4 Å². The predicted molar refractivity (Wildman–Crippen MR) is 68.6 cm³/mol. The van der Waals surface area contributed by atoms with Gasteiger partial charge in [0, 0.05) is 19.3 Å². The molecule has 1 aliphatic rings. The Labute approximate surface area is 108 Å². The monoisotopic (exact) mass is 272 g/mol. The lowest BCUT2D eigenvalue weighted by Crippen LogP contribution is -2.40. The first-order valence-corrected chi connectivity index (χ1v) is 8.08. The van der Waals surface area contributed by atoms with Crippen molar-refractivity contribution in [3.05, 3.63) is 12.4 Å². The molecule has 6 nitrogen and oxygen atoms in total. The highest BCUT2D eigenvalue weighted by Crippen LogP contribution is 2.23. The van der Waals surface area contributed by atoms with Gasteiger partial charge < -0.3 is 0 Å². The molecule has 0 spiro atoms. The minimum absolute atomic E-state index is 0.275. The van der Waals surface area contributed by atoms with E-state index in [0.717, 1.165) is 25.7 Å². The van der Waals surface area contributed by atoms with Crippen LogP contribution in [0.3, 0.4) is 0 Å². The first-order valence-electron chi connectivity index (χ1n) is 6.47. The molecule has 1 aromatic heterocycles. The SMILES string of the molecule is CCCCS(=O)(=O)N1CCC(n2ccnn2)CC1. The van der Waals surface area contributed by atoms with Crippen molar-refractivity contribution in [1.82, 2.24) is 19.3 Å². The minimum Gasteiger partial charge on any atom is -0.249 e. The molecule has 1 fully saturated rings. The van der Waals surface area contributed by atoms with E-state index in [2.05, 4.69) is 10.3 Å². The number of piperidine rings is 1. The van der Waals surface area contributed by atoms with Gasteiger partial charge in [0.25, 0.3) is 0 Å². The van der Waals surface area contributed by atoms with Crippen molar-refractivity contribution >= 4 is 10.0 Å². The van der Waals surface area contributed by atoms with Crippen LogP contribution >= 0.6 is 0 Å². The Kier molecular flexibility index (Phi) is 4.34. The van der Waals surface area contributed by atoms with Crippen LogP contribution in [0.1, 0.15) is 38.6 Å². The third kappa shape index (κ3) is 3.08. The predicted octanol–water partition coefficient (Wildman–Crippen LogP) is 1.04. The lowest BCUT2D eigenvalue weighted by Gasteiger charge is -2.31. The fraction of sp³-hybridized carbons (Fsp3) is 0.818. The van der Waals surface area contributed by atoms with Gasteiger partial charge in [-0.2, -0.15) is 0 Å².